The van der Waals surface area contributed by atoms with Gasteiger partial charge in [0.1, 0.15) is 12.4 Å². The maximum Gasteiger partial charge on any atom is 0.252 e. The Kier molecular flexibility index (Phi) is 3.39. The first-order chi connectivity index (χ1) is 10.2. The topological polar surface area (TPSA) is 67.8 Å². The summed E-state index contributed by atoms with van der Waals surface area (Å²) in [7, 11) is 1.46. The second-order valence-electron chi connectivity index (χ2n) is 4.76. The lowest BCUT2D eigenvalue weighted by atomic mass is 10.1. The number of aromatic hydroxyl groups is 1. The highest BCUT2D eigenvalue weighted by atomic mass is 16.5. The van der Waals surface area contributed by atoms with Gasteiger partial charge in [-0.05, 0) is 24.3 Å². The number of nitrogens with one attached hydrogen (secondary N) is 1. The van der Waals surface area contributed by atoms with Crippen LogP contribution in [0.25, 0.3) is 0 Å². The molecule has 2 aromatic rings. The summed E-state index contributed by atoms with van der Waals surface area (Å²) in [4.78, 5) is 12.2. The number of hydrogen-bond acceptors (Lipinski definition) is 4. The van der Waals surface area contributed by atoms with E-state index in [1.807, 2.05) is 24.3 Å². The predicted octanol–water partition coefficient (Wildman–Crippen LogP) is 2.26. The number of rotatable bonds is 3. The third kappa shape index (κ3) is 2.50. The quantitative estimate of drug-likeness (QED) is 0.907. The molecule has 0 bridgehead atoms. The first kappa shape index (κ1) is 13.3. The number of para-hydroxylation sites is 1. The van der Waals surface area contributed by atoms with Crippen LogP contribution in [-0.2, 0) is 0 Å². The van der Waals surface area contributed by atoms with Crippen molar-refractivity contribution in [3.63, 3.8) is 0 Å². The fourth-order valence-electron chi connectivity index (χ4n) is 2.35. The van der Waals surface area contributed by atoms with Gasteiger partial charge in [-0.1, -0.05) is 18.2 Å². The van der Waals surface area contributed by atoms with Gasteiger partial charge in [-0.3, -0.25) is 4.79 Å². The van der Waals surface area contributed by atoms with Gasteiger partial charge in [-0.15, -0.1) is 0 Å². The van der Waals surface area contributed by atoms with Crippen LogP contribution in [0.2, 0.25) is 0 Å². The van der Waals surface area contributed by atoms with E-state index >= 15 is 0 Å². The number of methoxy groups -OCH3 is 1. The zero-order valence-electron chi connectivity index (χ0n) is 11.5. The Labute approximate surface area is 122 Å². The molecule has 108 valence electrons. The van der Waals surface area contributed by atoms with E-state index in [4.69, 9.17) is 9.47 Å². The zero-order chi connectivity index (χ0) is 14.8. The van der Waals surface area contributed by atoms with E-state index in [-0.39, 0.29) is 17.7 Å². The van der Waals surface area contributed by atoms with Crippen LogP contribution in [0.1, 0.15) is 22.0 Å². The second-order valence-corrected chi connectivity index (χ2v) is 4.76. The van der Waals surface area contributed by atoms with Gasteiger partial charge < -0.3 is 19.9 Å². The Morgan fingerprint density at radius 1 is 1.33 bits per heavy atom. The molecule has 3 rings (SSSR count). The number of carbonyl (C=O) groups excluding carboxylic acids is 1. The number of phenols is 1. The molecule has 1 aliphatic heterocycles. The maximum atomic E-state index is 12.2. The third-order valence-electron chi connectivity index (χ3n) is 3.45. The Morgan fingerprint density at radius 2 is 2.14 bits per heavy atom. The van der Waals surface area contributed by atoms with E-state index < -0.39 is 0 Å². The van der Waals surface area contributed by atoms with Crippen molar-refractivity contribution in [1.82, 2.24) is 5.32 Å². The van der Waals surface area contributed by atoms with Gasteiger partial charge in [0, 0.05) is 11.1 Å². The molecule has 1 heterocycles. The Balaban J connectivity index is 1.77. The molecule has 0 saturated heterocycles. The standard InChI is InChI=1S/C16H15NO4/c1-20-15-7-6-10(8-13(15)18)16(19)17-12-9-21-14-5-3-2-4-11(12)14/h2-8,12,18H,9H2,1H3,(H,17,19). The number of amides is 1. The molecule has 5 heteroatoms. The van der Waals surface area contributed by atoms with Gasteiger partial charge in [-0.25, -0.2) is 0 Å². The van der Waals surface area contributed by atoms with Crippen LogP contribution in [0.4, 0.5) is 0 Å². The Hall–Kier alpha value is -2.69. The van der Waals surface area contributed by atoms with Gasteiger partial charge >= 0.3 is 0 Å². The molecule has 0 aromatic heterocycles. The first-order valence-corrected chi connectivity index (χ1v) is 6.58. The lowest BCUT2D eigenvalue weighted by Gasteiger charge is -2.12. The van der Waals surface area contributed by atoms with Crippen LogP contribution in [0.3, 0.4) is 0 Å². The molecule has 1 unspecified atom stereocenters. The molecule has 21 heavy (non-hydrogen) atoms. The summed E-state index contributed by atoms with van der Waals surface area (Å²) >= 11 is 0. The molecule has 2 N–H and O–H groups in total. The van der Waals surface area contributed by atoms with Gasteiger partial charge in [0.05, 0.1) is 13.2 Å². The molecule has 5 nitrogen and oxygen atoms in total. The highest BCUT2D eigenvalue weighted by molar-refractivity contribution is 5.95. The van der Waals surface area contributed by atoms with Crippen LogP contribution in [0.5, 0.6) is 17.2 Å². The molecule has 1 atom stereocenters. The molecule has 0 radical (unpaired) electrons. The lowest BCUT2D eigenvalue weighted by molar-refractivity contribution is 0.0930. The molecule has 1 aliphatic rings. The SMILES string of the molecule is COc1ccc(C(=O)NC2COc3ccccc32)cc1O. The van der Waals surface area contributed by atoms with E-state index in [1.165, 1.54) is 13.2 Å². The average molecular weight is 285 g/mol. The van der Waals surface area contributed by atoms with Crippen molar-refractivity contribution in [3.8, 4) is 17.2 Å². The summed E-state index contributed by atoms with van der Waals surface area (Å²) in [5.74, 6) is 0.799. The van der Waals surface area contributed by atoms with Crippen LogP contribution >= 0.6 is 0 Å². The minimum atomic E-state index is -0.266. The Morgan fingerprint density at radius 3 is 2.90 bits per heavy atom. The summed E-state index contributed by atoms with van der Waals surface area (Å²) in [5.41, 5.74) is 1.33. The molecule has 2 aromatic carbocycles. The van der Waals surface area contributed by atoms with Crippen LogP contribution in [-0.4, -0.2) is 24.7 Å². The first-order valence-electron chi connectivity index (χ1n) is 6.58. The van der Waals surface area contributed by atoms with Crippen LogP contribution in [0.15, 0.2) is 42.5 Å². The average Bonchev–Trinajstić information content (AvgIpc) is 2.90. The maximum absolute atomic E-state index is 12.2. The van der Waals surface area contributed by atoms with Crippen LogP contribution < -0.4 is 14.8 Å². The highest BCUT2D eigenvalue weighted by Gasteiger charge is 2.25. The summed E-state index contributed by atoms with van der Waals surface area (Å²) < 4.78 is 10.5. The van der Waals surface area contributed by atoms with Crippen molar-refractivity contribution in [2.24, 2.45) is 0 Å². The molecule has 1 amide bonds. The number of carbonyl (C=O) groups is 1. The minimum absolute atomic E-state index is 0.0618. The van der Waals surface area contributed by atoms with Crippen LogP contribution in [0, 0.1) is 0 Å². The number of benzene rings is 2. The molecule has 0 fully saturated rings. The van der Waals surface area contributed by atoms with E-state index in [0.29, 0.717) is 17.9 Å². The zero-order valence-corrected chi connectivity index (χ0v) is 11.5. The predicted molar refractivity (Wildman–Crippen MR) is 76.8 cm³/mol. The largest absolute Gasteiger partial charge is 0.504 e. The number of hydrogen-bond donors (Lipinski definition) is 2. The number of fused-ring (bicyclic) bond motifs is 1. The molecule has 0 saturated carbocycles. The smallest absolute Gasteiger partial charge is 0.252 e. The van der Waals surface area contributed by atoms with Crippen molar-refractivity contribution in [2.75, 3.05) is 13.7 Å². The Bertz CT molecular complexity index is 684. The fraction of sp³-hybridized carbons (Fsp3) is 0.188. The second kappa shape index (κ2) is 5.36. The number of phenolic OH excluding ortho intramolecular Hbond substituents is 1. The van der Waals surface area contributed by atoms with Gasteiger partial charge in [0.15, 0.2) is 11.5 Å². The summed E-state index contributed by atoms with van der Waals surface area (Å²) in [6, 6.07) is 12.0. The fourth-order valence-corrected chi connectivity index (χ4v) is 2.35. The molecular formula is C16H15NO4. The van der Waals surface area contributed by atoms with Gasteiger partial charge in [0.25, 0.3) is 5.91 Å². The third-order valence-corrected chi connectivity index (χ3v) is 3.45. The van der Waals surface area contributed by atoms with E-state index in [9.17, 15) is 9.90 Å². The summed E-state index contributed by atoms with van der Waals surface area (Å²) in [6.07, 6.45) is 0. The summed E-state index contributed by atoms with van der Waals surface area (Å²) in [5, 5.41) is 12.6. The van der Waals surface area contributed by atoms with Crippen molar-refractivity contribution < 1.29 is 19.4 Å². The van der Waals surface area contributed by atoms with Crippen molar-refractivity contribution in [2.45, 2.75) is 6.04 Å². The van der Waals surface area contributed by atoms with Gasteiger partial charge in [0.2, 0.25) is 0 Å². The monoisotopic (exact) mass is 285 g/mol. The van der Waals surface area contributed by atoms with Crippen molar-refractivity contribution in [3.05, 3.63) is 53.6 Å². The lowest BCUT2D eigenvalue weighted by Crippen LogP contribution is -2.29. The minimum Gasteiger partial charge on any atom is -0.504 e. The van der Waals surface area contributed by atoms with Gasteiger partial charge in [-0.2, -0.15) is 0 Å². The van der Waals surface area contributed by atoms with Crippen molar-refractivity contribution in [1.29, 1.82) is 0 Å². The summed E-state index contributed by atoms with van der Waals surface area (Å²) in [6.45, 7) is 0.410. The van der Waals surface area contributed by atoms with E-state index in [0.717, 1.165) is 11.3 Å². The normalized spacial score (nSPS) is 16.0. The van der Waals surface area contributed by atoms with E-state index in [2.05, 4.69) is 5.32 Å². The highest BCUT2D eigenvalue weighted by Crippen LogP contribution is 2.32. The number of ether oxygens (including phenoxy) is 2. The van der Waals surface area contributed by atoms with Crippen molar-refractivity contribution >= 4 is 5.91 Å². The molecular weight excluding hydrogens is 270 g/mol. The molecule has 0 aliphatic carbocycles. The molecule has 0 spiro atoms. The van der Waals surface area contributed by atoms with E-state index in [1.54, 1.807) is 12.1 Å².